The lowest BCUT2D eigenvalue weighted by Crippen LogP contribution is -2.00. The van der Waals surface area contributed by atoms with Crippen LogP contribution in [0.15, 0.2) is 0 Å². The molecule has 68 valence electrons. The number of alkyl halides is 1. The minimum Gasteiger partial charge on any atom is -0.385 e. The third-order valence-corrected chi connectivity index (χ3v) is 2.12. The number of halogens is 2. The van der Waals surface area contributed by atoms with E-state index in [1.807, 2.05) is 0 Å². The zero-order chi connectivity index (χ0) is 9.30. The molecule has 1 heterocycles. The summed E-state index contributed by atoms with van der Waals surface area (Å²) in [5.74, 6) is 0. The molecule has 1 aromatic rings. The van der Waals surface area contributed by atoms with E-state index in [9.17, 15) is 9.50 Å². The van der Waals surface area contributed by atoms with E-state index in [-0.39, 0.29) is 5.15 Å². The minimum atomic E-state index is -1.16. The summed E-state index contributed by atoms with van der Waals surface area (Å²) in [4.78, 5) is 0. The molecule has 0 spiro atoms. The Morgan fingerprint density at radius 1 is 1.75 bits per heavy atom. The van der Waals surface area contributed by atoms with Crippen molar-refractivity contribution in [1.29, 1.82) is 0 Å². The molecule has 0 fully saturated rings. The van der Waals surface area contributed by atoms with Crippen LogP contribution in [0.1, 0.15) is 17.4 Å². The first-order valence-corrected chi connectivity index (χ1v) is 3.88. The molecule has 1 rings (SSSR count). The second kappa shape index (κ2) is 3.41. The fraction of sp³-hybridized carbons (Fsp3) is 0.571. The largest absolute Gasteiger partial charge is 0.385 e. The van der Waals surface area contributed by atoms with Gasteiger partial charge in [-0.2, -0.15) is 5.10 Å². The number of hydrogen-bond donors (Lipinski definition) is 1. The molecule has 0 amide bonds. The van der Waals surface area contributed by atoms with Crippen molar-refractivity contribution in [1.82, 2.24) is 9.78 Å². The second-order valence-corrected chi connectivity index (χ2v) is 2.94. The smallest absolute Gasteiger partial charge is 0.132 e. The standard InChI is InChI=1S/C7H10ClFN2O/c1-4-6(5(12)3-9)7(8)11(2)10-4/h5,12H,3H2,1-2H3. The molecule has 0 saturated carbocycles. The van der Waals surface area contributed by atoms with E-state index >= 15 is 0 Å². The van der Waals surface area contributed by atoms with Crippen LogP contribution in [0, 0.1) is 6.92 Å². The lowest BCUT2D eigenvalue weighted by atomic mass is 10.2. The summed E-state index contributed by atoms with van der Waals surface area (Å²) in [7, 11) is 1.64. The van der Waals surface area contributed by atoms with E-state index in [1.165, 1.54) is 4.68 Å². The zero-order valence-corrected chi connectivity index (χ0v) is 7.64. The molecule has 1 atom stereocenters. The number of aliphatic hydroxyl groups excluding tert-OH is 1. The first-order chi connectivity index (χ1) is 5.57. The summed E-state index contributed by atoms with van der Waals surface area (Å²) in [6, 6.07) is 0. The van der Waals surface area contributed by atoms with Gasteiger partial charge in [0.15, 0.2) is 0 Å². The fourth-order valence-corrected chi connectivity index (χ4v) is 1.40. The molecule has 0 aliphatic heterocycles. The Balaban J connectivity index is 3.13. The van der Waals surface area contributed by atoms with Crippen LogP contribution < -0.4 is 0 Å². The van der Waals surface area contributed by atoms with Gasteiger partial charge < -0.3 is 5.11 Å². The average Bonchev–Trinajstić information content (AvgIpc) is 2.26. The van der Waals surface area contributed by atoms with E-state index < -0.39 is 12.8 Å². The molecule has 0 radical (unpaired) electrons. The highest BCUT2D eigenvalue weighted by atomic mass is 35.5. The Hall–Kier alpha value is -0.610. The summed E-state index contributed by atoms with van der Waals surface area (Å²) in [6.07, 6.45) is -1.16. The number of aryl methyl sites for hydroxylation is 2. The Kier molecular flexibility index (Phi) is 2.69. The third kappa shape index (κ3) is 1.44. The first-order valence-electron chi connectivity index (χ1n) is 3.51. The number of aliphatic hydroxyl groups is 1. The Labute approximate surface area is 74.8 Å². The van der Waals surface area contributed by atoms with Crippen molar-refractivity contribution in [3.63, 3.8) is 0 Å². The minimum absolute atomic E-state index is 0.289. The van der Waals surface area contributed by atoms with Gasteiger partial charge in [-0.25, -0.2) is 4.39 Å². The maximum atomic E-state index is 12.1. The summed E-state index contributed by atoms with van der Waals surface area (Å²) in [5.41, 5.74) is 0.939. The monoisotopic (exact) mass is 192 g/mol. The van der Waals surface area contributed by atoms with Crippen molar-refractivity contribution in [3.8, 4) is 0 Å². The first kappa shape index (κ1) is 9.48. The van der Waals surface area contributed by atoms with Crippen molar-refractivity contribution in [2.45, 2.75) is 13.0 Å². The number of hydrogen-bond acceptors (Lipinski definition) is 2. The van der Waals surface area contributed by atoms with E-state index in [0.717, 1.165) is 0 Å². The van der Waals surface area contributed by atoms with Crippen LogP contribution in [0.25, 0.3) is 0 Å². The van der Waals surface area contributed by atoms with Crippen LogP contribution >= 0.6 is 11.6 Å². The predicted molar refractivity (Wildman–Crippen MR) is 43.9 cm³/mol. The van der Waals surface area contributed by atoms with Gasteiger partial charge in [-0.05, 0) is 6.92 Å². The highest BCUT2D eigenvalue weighted by Crippen LogP contribution is 2.25. The normalized spacial score (nSPS) is 13.4. The SMILES string of the molecule is Cc1nn(C)c(Cl)c1C(O)CF. The van der Waals surface area contributed by atoms with Crippen LogP contribution in [0.5, 0.6) is 0 Å². The van der Waals surface area contributed by atoms with Gasteiger partial charge in [0, 0.05) is 12.6 Å². The maximum absolute atomic E-state index is 12.1. The van der Waals surface area contributed by atoms with Crippen LogP contribution in [0.3, 0.4) is 0 Å². The van der Waals surface area contributed by atoms with Gasteiger partial charge in [0.2, 0.25) is 0 Å². The maximum Gasteiger partial charge on any atom is 0.132 e. The van der Waals surface area contributed by atoms with Crippen molar-refractivity contribution >= 4 is 11.6 Å². The highest BCUT2D eigenvalue weighted by Gasteiger charge is 2.18. The van der Waals surface area contributed by atoms with Crippen molar-refractivity contribution in [3.05, 3.63) is 16.4 Å². The number of rotatable bonds is 2. The zero-order valence-electron chi connectivity index (χ0n) is 6.88. The molecule has 1 aromatic heterocycles. The Morgan fingerprint density at radius 2 is 2.33 bits per heavy atom. The lowest BCUT2D eigenvalue weighted by Gasteiger charge is -2.04. The Morgan fingerprint density at radius 3 is 2.67 bits per heavy atom. The molecule has 1 N–H and O–H groups in total. The molecular formula is C7H10ClFN2O. The fourth-order valence-electron chi connectivity index (χ4n) is 1.10. The Bertz CT molecular complexity index is 287. The summed E-state index contributed by atoms with van der Waals surface area (Å²) in [6.45, 7) is 0.840. The van der Waals surface area contributed by atoms with E-state index in [4.69, 9.17) is 11.6 Å². The molecule has 0 aliphatic carbocycles. The predicted octanol–water partition coefficient (Wildman–Crippen LogP) is 1.38. The number of nitrogens with zero attached hydrogens (tertiary/aromatic N) is 2. The van der Waals surface area contributed by atoms with E-state index in [2.05, 4.69) is 5.10 Å². The summed E-state index contributed by atoms with van der Waals surface area (Å²) >= 11 is 5.76. The molecule has 0 bridgehead atoms. The number of aromatic nitrogens is 2. The van der Waals surface area contributed by atoms with Gasteiger partial charge >= 0.3 is 0 Å². The molecule has 0 saturated heterocycles. The van der Waals surface area contributed by atoms with Gasteiger partial charge in [-0.3, -0.25) is 4.68 Å². The van der Waals surface area contributed by atoms with Crippen LogP contribution in [0.4, 0.5) is 4.39 Å². The quantitative estimate of drug-likeness (QED) is 0.769. The van der Waals surface area contributed by atoms with Gasteiger partial charge in [-0.1, -0.05) is 11.6 Å². The van der Waals surface area contributed by atoms with Crippen molar-refractivity contribution in [2.75, 3.05) is 6.67 Å². The average molecular weight is 193 g/mol. The van der Waals surface area contributed by atoms with Crippen LogP contribution in [0.2, 0.25) is 5.15 Å². The van der Waals surface area contributed by atoms with Gasteiger partial charge in [-0.15, -0.1) is 0 Å². The molecule has 0 aliphatic rings. The van der Waals surface area contributed by atoms with Crippen molar-refractivity contribution in [2.24, 2.45) is 7.05 Å². The van der Waals surface area contributed by atoms with Gasteiger partial charge in [0.05, 0.1) is 5.69 Å². The molecular weight excluding hydrogens is 183 g/mol. The van der Waals surface area contributed by atoms with Gasteiger partial charge in [0.1, 0.15) is 17.9 Å². The van der Waals surface area contributed by atoms with Crippen molar-refractivity contribution < 1.29 is 9.50 Å². The molecule has 3 nitrogen and oxygen atoms in total. The lowest BCUT2D eigenvalue weighted by molar-refractivity contribution is 0.141. The molecule has 5 heteroatoms. The van der Waals surface area contributed by atoms with Crippen LogP contribution in [-0.4, -0.2) is 21.6 Å². The second-order valence-electron chi connectivity index (χ2n) is 2.58. The van der Waals surface area contributed by atoms with E-state index in [0.29, 0.717) is 11.3 Å². The highest BCUT2D eigenvalue weighted by molar-refractivity contribution is 6.30. The molecule has 12 heavy (non-hydrogen) atoms. The molecule has 0 aromatic carbocycles. The topological polar surface area (TPSA) is 38.0 Å². The van der Waals surface area contributed by atoms with E-state index in [1.54, 1.807) is 14.0 Å². The summed E-state index contributed by atoms with van der Waals surface area (Å²) in [5, 5.41) is 13.4. The van der Waals surface area contributed by atoms with Crippen LogP contribution in [-0.2, 0) is 7.05 Å². The summed E-state index contributed by atoms with van der Waals surface area (Å²) < 4.78 is 13.5. The van der Waals surface area contributed by atoms with Gasteiger partial charge in [0.25, 0.3) is 0 Å². The molecule has 1 unspecified atom stereocenters. The third-order valence-electron chi connectivity index (χ3n) is 1.68.